The predicted octanol–water partition coefficient (Wildman–Crippen LogP) is 1.20. The summed E-state index contributed by atoms with van der Waals surface area (Å²) in [6.07, 6.45) is 4.15. The number of carbonyl (C=O) groups is 1. The molecule has 1 aliphatic rings. The Morgan fingerprint density at radius 3 is 2.81 bits per heavy atom. The average molecular weight is 221 g/mol. The van der Waals surface area contributed by atoms with Gasteiger partial charge in [0.05, 0.1) is 6.42 Å². The molecule has 1 N–H and O–H groups in total. The molecule has 0 spiro atoms. The van der Waals surface area contributed by atoms with Gasteiger partial charge in [-0.1, -0.05) is 6.07 Å². The van der Waals surface area contributed by atoms with Crippen molar-refractivity contribution in [3.63, 3.8) is 0 Å². The number of aromatic nitrogens is 1. The third-order valence-electron chi connectivity index (χ3n) is 3.05. The van der Waals surface area contributed by atoms with Crippen LogP contribution in [-0.4, -0.2) is 15.6 Å². The second-order valence-corrected chi connectivity index (χ2v) is 4.15. The Hall–Kier alpha value is -1.58. The van der Waals surface area contributed by atoms with Crippen LogP contribution in [0.5, 0.6) is 0 Å². The van der Waals surface area contributed by atoms with E-state index in [1.54, 1.807) is 10.6 Å². The van der Waals surface area contributed by atoms with Gasteiger partial charge in [-0.25, -0.2) is 0 Å². The summed E-state index contributed by atoms with van der Waals surface area (Å²) in [7, 11) is 0. The van der Waals surface area contributed by atoms with E-state index in [0.717, 1.165) is 31.4 Å². The van der Waals surface area contributed by atoms with E-state index >= 15 is 0 Å². The summed E-state index contributed by atoms with van der Waals surface area (Å²) in [5, 5.41) is 8.65. The molecule has 1 aromatic rings. The highest BCUT2D eigenvalue weighted by molar-refractivity contribution is 5.66. The first kappa shape index (κ1) is 10.9. The second-order valence-electron chi connectivity index (χ2n) is 4.15. The SMILES string of the molecule is O=C(O)CCn1c2c(ccc1=O)CCCC2. The molecule has 16 heavy (non-hydrogen) atoms. The monoisotopic (exact) mass is 221 g/mol. The molecule has 0 atom stereocenters. The van der Waals surface area contributed by atoms with Gasteiger partial charge < -0.3 is 9.67 Å². The van der Waals surface area contributed by atoms with Crippen molar-refractivity contribution in [2.75, 3.05) is 0 Å². The summed E-state index contributed by atoms with van der Waals surface area (Å²) >= 11 is 0. The summed E-state index contributed by atoms with van der Waals surface area (Å²) in [5.41, 5.74) is 2.16. The summed E-state index contributed by atoms with van der Waals surface area (Å²) in [6.45, 7) is 0.289. The van der Waals surface area contributed by atoms with Crippen molar-refractivity contribution in [3.8, 4) is 0 Å². The van der Waals surface area contributed by atoms with Crippen molar-refractivity contribution < 1.29 is 9.90 Å². The van der Waals surface area contributed by atoms with Gasteiger partial charge in [0.2, 0.25) is 0 Å². The van der Waals surface area contributed by atoms with Gasteiger partial charge >= 0.3 is 5.97 Å². The van der Waals surface area contributed by atoms with E-state index in [1.807, 2.05) is 6.07 Å². The smallest absolute Gasteiger partial charge is 0.305 e. The lowest BCUT2D eigenvalue weighted by Crippen LogP contribution is -2.26. The van der Waals surface area contributed by atoms with Crippen LogP contribution in [-0.2, 0) is 24.2 Å². The zero-order chi connectivity index (χ0) is 11.5. The topological polar surface area (TPSA) is 59.3 Å². The fraction of sp³-hybridized carbons (Fsp3) is 0.500. The van der Waals surface area contributed by atoms with Crippen molar-refractivity contribution in [2.24, 2.45) is 0 Å². The van der Waals surface area contributed by atoms with Crippen LogP contribution in [0.4, 0.5) is 0 Å². The minimum Gasteiger partial charge on any atom is -0.481 e. The zero-order valence-electron chi connectivity index (χ0n) is 9.11. The minimum atomic E-state index is -0.861. The number of aliphatic carboxylic acids is 1. The van der Waals surface area contributed by atoms with Crippen molar-refractivity contribution in [1.29, 1.82) is 0 Å². The van der Waals surface area contributed by atoms with Gasteiger partial charge in [-0.15, -0.1) is 0 Å². The Labute approximate surface area is 93.5 Å². The molecule has 0 saturated carbocycles. The summed E-state index contributed by atoms with van der Waals surface area (Å²) in [5.74, 6) is -0.861. The third-order valence-corrected chi connectivity index (χ3v) is 3.05. The van der Waals surface area contributed by atoms with E-state index in [2.05, 4.69) is 0 Å². The van der Waals surface area contributed by atoms with Crippen LogP contribution in [0.1, 0.15) is 30.5 Å². The largest absolute Gasteiger partial charge is 0.481 e. The molecule has 0 bridgehead atoms. The number of rotatable bonds is 3. The Balaban J connectivity index is 2.34. The van der Waals surface area contributed by atoms with Crippen LogP contribution in [0.15, 0.2) is 16.9 Å². The molecule has 0 radical (unpaired) electrons. The molecule has 0 amide bonds. The molecular formula is C12H15NO3. The number of fused-ring (bicyclic) bond motifs is 1. The molecule has 86 valence electrons. The molecule has 0 saturated heterocycles. The van der Waals surface area contributed by atoms with Gasteiger partial charge in [0.15, 0.2) is 0 Å². The van der Waals surface area contributed by atoms with Gasteiger partial charge in [-0.05, 0) is 31.2 Å². The first-order valence-electron chi connectivity index (χ1n) is 5.62. The lowest BCUT2D eigenvalue weighted by molar-refractivity contribution is -0.137. The van der Waals surface area contributed by atoms with Gasteiger partial charge in [-0.2, -0.15) is 0 Å². The Morgan fingerprint density at radius 1 is 1.31 bits per heavy atom. The molecule has 4 heteroatoms. The average Bonchev–Trinajstić information content (AvgIpc) is 2.27. The molecule has 1 aromatic heterocycles. The van der Waals surface area contributed by atoms with E-state index < -0.39 is 5.97 Å². The standard InChI is InChI=1S/C12H15NO3/c14-11-6-5-9-3-1-2-4-10(9)13(11)8-7-12(15)16/h5-6H,1-4,7-8H2,(H,15,16). The van der Waals surface area contributed by atoms with Crippen molar-refractivity contribution in [3.05, 3.63) is 33.7 Å². The number of pyridine rings is 1. The van der Waals surface area contributed by atoms with Crippen molar-refractivity contribution in [1.82, 2.24) is 4.57 Å². The number of hydrogen-bond acceptors (Lipinski definition) is 2. The molecule has 2 rings (SSSR count). The highest BCUT2D eigenvalue weighted by Crippen LogP contribution is 2.19. The predicted molar refractivity (Wildman–Crippen MR) is 59.6 cm³/mol. The normalized spacial score (nSPS) is 14.5. The van der Waals surface area contributed by atoms with Crippen molar-refractivity contribution >= 4 is 5.97 Å². The molecule has 0 aromatic carbocycles. The molecular weight excluding hydrogens is 206 g/mol. The second kappa shape index (κ2) is 4.51. The van der Waals surface area contributed by atoms with Crippen LogP contribution in [0.25, 0.3) is 0 Å². The zero-order valence-corrected chi connectivity index (χ0v) is 9.11. The molecule has 0 aliphatic heterocycles. The highest BCUT2D eigenvalue weighted by Gasteiger charge is 2.14. The first-order valence-corrected chi connectivity index (χ1v) is 5.62. The van der Waals surface area contributed by atoms with E-state index in [-0.39, 0.29) is 18.5 Å². The fourth-order valence-corrected chi connectivity index (χ4v) is 2.25. The Bertz CT molecular complexity index is 462. The third kappa shape index (κ3) is 2.15. The summed E-state index contributed by atoms with van der Waals surface area (Å²) in [4.78, 5) is 22.2. The fourth-order valence-electron chi connectivity index (χ4n) is 2.25. The van der Waals surface area contributed by atoms with Crippen LogP contribution < -0.4 is 5.56 Å². The maximum Gasteiger partial charge on any atom is 0.305 e. The number of hydrogen-bond donors (Lipinski definition) is 1. The number of carboxylic acids is 1. The number of carboxylic acid groups (broad SMARTS) is 1. The number of aryl methyl sites for hydroxylation is 1. The van der Waals surface area contributed by atoms with Crippen LogP contribution in [0.3, 0.4) is 0 Å². The van der Waals surface area contributed by atoms with Crippen LogP contribution in [0, 0.1) is 0 Å². The Morgan fingerprint density at radius 2 is 2.06 bits per heavy atom. The van der Waals surface area contributed by atoms with Gasteiger partial charge in [-0.3, -0.25) is 9.59 Å². The summed E-state index contributed by atoms with van der Waals surface area (Å²) in [6, 6.07) is 3.43. The summed E-state index contributed by atoms with van der Waals surface area (Å²) < 4.78 is 1.63. The Kier molecular flexibility index (Phi) is 3.08. The molecule has 1 heterocycles. The maximum absolute atomic E-state index is 11.7. The van der Waals surface area contributed by atoms with Gasteiger partial charge in [0.1, 0.15) is 0 Å². The maximum atomic E-state index is 11.7. The quantitative estimate of drug-likeness (QED) is 0.834. The van der Waals surface area contributed by atoms with Crippen LogP contribution in [0.2, 0.25) is 0 Å². The molecule has 1 aliphatic carbocycles. The van der Waals surface area contributed by atoms with E-state index in [4.69, 9.17) is 5.11 Å². The van der Waals surface area contributed by atoms with E-state index in [1.165, 1.54) is 5.56 Å². The van der Waals surface area contributed by atoms with E-state index in [9.17, 15) is 9.59 Å². The molecule has 4 nitrogen and oxygen atoms in total. The lowest BCUT2D eigenvalue weighted by Gasteiger charge is -2.20. The van der Waals surface area contributed by atoms with Crippen molar-refractivity contribution in [2.45, 2.75) is 38.6 Å². The van der Waals surface area contributed by atoms with Gasteiger partial charge in [0.25, 0.3) is 5.56 Å². The lowest BCUT2D eigenvalue weighted by atomic mass is 9.96. The molecule has 0 unspecified atom stereocenters. The molecule has 0 fully saturated rings. The van der Waals surface area contributed by atoms with E-state index in [0.29, 0.717) is 0 Å². The van der Waals surface area contributed by atoms with Gasteiger partial charge in [0, 0.05) is 18.3 Å². The number of nitrogens with zero attached hydrogens (tertiary/aromatic N) is 1. The van der Waals surface area contributed by atoms with Crippen LogP contribution >= 0.6 is 0 Å². The highest BCUT2D eigenvalue weighted by atomic mass is 16.4. The minimum absolute atomic E-state index is 0.0103. The first-order chi connectivity index (χ1) is 7.68.